The van der Waals surface area contributed by atoms with Crippen LogP contribution in [0.4, 0.5) is 0 Å². The Bertz CT molecular complexity index is 350. The van der Waals surface area contributed by atoms with Crippen LogP contribution in [0.15, 0.2) is 6.20 Å². The summed E-state index contributed by atoms with van der Waals surface area (Å²) >= 11 is 0. The lowest BCUT2D eigenvalue weighted by molar-refractivity contribution is -0.129. The monoisotopic (exact) mass is 211 g/mol. The first-order valence-corrected chi connectivity index (χ1v) is 4.70. The Kier molecular flexibility index (Phi) is 3.09. The van der Waals surface area contributed by atoms with E-state index in [4.69, 9.17) is 5.73 Å². The minimum absolute atomic E-state index is 0.0266. The van der Waals surface area contributed by atoms with E-state index in [1.54, 1.807) is 20.3 Å². The molecular weight excluding hydrogens is 194 g/mol. The van der Waals surface area contributed by atoms with Crippen molar-refractivity contribution in [3.63, 3.8) is 0 Å². The molecule has 2 N–H and O–H groups in total. The van der Waals surface area contributed by atoms with Crippen molar-refractivity contribution in [1.29, 1.82) is 0 Å². The van der Waals surface area contributed by atoms with Crippen LogP contribution in [0.5, 0.6) is 0 Å². The predicted octanol–water partition coefficient (Wildman–Crippen LogP) is -0.440. The third-order valence-corrected chi connectivity index (χ3v) is 1.99. The van der Waals surface area contributed by atoms with Gasteiger partial charge in [-0.1, -0.05) is 5.21 Å². The Morgan fingerprint density at radius 1 is 1.60 bits per heavy atom. The Labute approximate surface area is 89.0 Å². The van der Waals surface area contributed by atoms with Crippen LogP contribution in [0.2, 0.25) is 0 Å². The van der Waals surface area contributed by atoms with Crippen LogP contribution in [-0.2, 0) is 16.9 Å². The normalized spacial score (nSPS) is 11.5. The number of carbonyl (C=O) groups excluding carboxylic acids is 1. The van der Waals surface area contributed by atoms with E-state index in [0.29, 0.717) is 5.69 Å². The van der Waals surface area contributed by atoms with E-state index in [1.807, 2.05) is 13.8 Å². The molecule has 84 valence electrons. The fourth-order valence-electron chi connectivity index (χ4n) is 0.951. The molecule has 0 aliphatic heterocycles. The molecule has 1 heterocycles. The lowest BCUT2D eigenvalue weighted by Crippen LogP contribution is -2.29. The second kappa shape index (κ2) is 3.98. The molecule has 0 saturated heterocycles. The molecule has 1 aromatic heterocycles. The minimum Gasteiger partial charge on any atom is -0.347 e. The number of carbonyl (C=O) groups is 1. The SMILES string of the molecule is CN(C)C(=O)Cn1cc(C(C)(C)N)nn1. The zero-order valence-corrected chi connectivity index (χ0v) is 9.56. The number of rotatable bonds is 3. The van der Waals surface area contributed by atoms with Crippen LogP contribution in [0, 0.1) is 0 Å². The molecule has 0 spiro atoms. The Hall–Kier alpha value is -1.43. The predicted molar refractivity (Wildman–Crippen MR) is 55.9 cm³/mol. The smallest absolute Gasteiger partial charge is 0.243 e. The van der Waals surface area contributed by atoms with Gasteiger partial charge in [-0.05, 0) is 13.8 Å². The van der Waals surface area contributed by atoms with Crippen LogP contribution in [0.3, 0.4) is 0 Å². The summed E-state index contributed by atoms with van der Waals surface area (Å²) in [5, 5.41) is 7.76. The summed E-state index contributed by atoms with van der Waals surface area (Å²) in [6.07, 6.45) is 1.70. The van der Waals surface area contributed by atoms with Gasteiger partial charge in [-0.3, -0.25) is 4.79 Å². The average Bonchev–Trinajstić information content (AvgIpc) is 2.51. The van der Waals surface area contributed by atoms with Crippen molar-refractivity contribution in [2.24, 2.45) is 5.73 Å². The van der Waals surface area contributed by atoms with E-state index in [9.17, 15) is 4.79 Å². The van der Waals surface area contributed by atoms with Gasteiger partial charge in [0.1, 0.15) is 12.2 Å². The topological polar surface area (TPSA) is 77.0 Å². The zero-order valence-electron chi connectivity index (χ0n) is 9.56. The maximum atomic E-state index is 11.4. The van der Waals surface area contributed by atoms with E-state index in [0.717, 1.165) is 0 Å². The molecule has 0 atom stereocenters. The number of nitrogens with zero attached hydrogens (tertiary/aromatic N) is 4. The van der Waals surface area contributed by atoms with Gasteiger partial charge < -0.3 is 10.6 Å². The first-order chi connectivity index (χ1) is 6.80. The van der Waals surface area contributed by atoms with E-state index < -0.39 is 5.54 Å². The van der Waals surface area contributed by atoms with E-state index >= 15 is 0 Å². The molecule has 1 amide bonds. The van der Waals surface area contributed by atoms with Gasteiger partial charge in [-0.15, -0.1) is 5.10 Å². The molecule has 0 fully saturated rings. The van der Waals surface area contributed by atoms with Gasteiger partial charge in [0.15, 0.2) is 0 Å². The molecule has 0 unspecified atom stereocenters. The first-order valence-electron chi connectivity index (χ1n) is 4.70. The maximum Gasteiger partial charge on any atom is 0.243 e. The number of hydrogen-bond acceptors (Lipinski definition) is 4. The Balaban J connectivity index is 2.73. The first kappa shape index (κ1) is 11.6. The second-order valence-electron chi connectivity index (χ2n) is 4.31. The summed E-state index contributed by atoms with van der Waals surface area (Å²) in [6.45, 7) is 3.88. The lowest BCUT2D eigenvalue weighted by Gasteiger charge is -2.13. The van der Waals surface area contributed by atoms with Gasteiger partial charge >= 0.3 is 0 Å². The van der Waals surface area contributed by atoms with E-state index in [1.165, 1.54) is 9.58 Å². The minimum atomic E-state index is -0.528. The highest BCUT2D eigenvalue weighted by Gasteiger charge is 2.18. The van der Waals surface area contributed by atoms with Crippen LogP contribution in [0.25, 0.3) is 0 Å². The van der Waals surface area contributed by atoms with Crippen molar-refractivity contribution < 1.29 is 4.79 Å². The highest BCUT2D eigenvalue weighted by Crippen LogP contribution is 2.12. The Morgan fingerprint density at radius 2 is 2.20 bits per heavy atom. The molecule has 0 aliphatic carbocycles. The number of amides is 1. The standard InChI is InChI=1S/C9H17N5O/c1-9(2,10)7-5-14(12-11-7)6-8(15)13(3)4/h5H,6,10H2,1-4H3. The summed E-state index contributed by atoms with van der Waals surface area (Å²) in [5.74, 6) is -0.0266. The van der Waals surface area contributed by atoms with Crippen LogP contribution < -0.4 is 5.73 Å². The van der Waals surface area contributed by atoms with Gasteiger partial charge in [0.25, 0.3) is 0 Å². The lowest BCUT2D eigenvalue weighted by atomic mass is 10.0. The van der Waals surface area contributed by atoms with Crippen molar-refractivity contribution in [2.45, 2.75) is 25.9 Å². The van der Waals surface area contributed by atoms with Crippen molar-refractivity contribution in [3.05, 3.63) is 11.9 Å². The molecule has 1 rings (SSSR count). The van der Waals surface area contributed by atoms with E-state index in [-0.39, 0.29) is 12.5 Å². The van der Waals surface area contributed by atoms with Crippen LogP contribution >= 0.6 is 0 Å². The van der Waals surface area contributed by atoms with Crippen molar-refractivity contribution in [3.8, 4) is 0 Å². The van der Waals surface area contributed by atoms with Crippen LogP contribution in [-0.4, -0.2) is 39.9 Å². The summed E-state index contributed by atoms with van der Waals surface area (Å²) in [4.78, 5) is 12.9. The fraction of sp³-hybridized carbons (Fsp3) is 0.667. The molecule has 0 radical (unpaired) electrons. The molecule has 0 aromatic carbocycles. The summed E-state index contributed by atoms with van der Waals surface area (Å²) in [5.41, 5.74) is 6.00. The zero-order chi connectivity index (χ0) is 11.6. The maximum absolute atomic E-state index is 11.4. The molecule has 6 nitrogen and oxygen atoms in total. The number of likely N-dealkylation sites (N-methyl/N-ethyl adjacent to an activating group) is 1. The molecule has 0 bridgehead atoms. The molecule has 0 saturated carbocycles. The van der Waals surface area contributed by atoms with Gasteiger partial charge in [-0.2, -0.15) is 0 Å². The van der Waals surface area contributed by atoms with Gasteiger partial charge in [0.05, 0.1) is 11.7 Å². The number of hydrogen-bond donors (Lipinski definition) is 1. The fourth-order valence-corrected chi connectivity index (χ4v) is 0.951. The van der Waals surface area contributed by atoms with E-state index in [2.05, 4.69) is 10.3 Å². The third-order valence-electron chi connectivity index (χ3n) is 1.99. The Morgan fingerprint density at radius 3 is 2.60 bits per heavy atom. The highest BCUT2D eigenvalue weighted by molar-refractivity contribution is 5.75. The quantitative estimate of drug-likeness (QED) is 0.735. The van der Waals surface area contributed by atoms with Gasteiger partial charge in [0, 0.05) is 14.1 Å². The summed E-state index contributed by atoms with van der Waals surface area (Å²) < 4.78 is 1.49. The van der Waals surface area contributed by atoms with Crippen molar-refractivity contribution >= 4 is 5.91 Å². The third kappa shape index (κ3) is 3.02. The number of nitrogens with two attached hydrogens (primary N) is 1. The van der Waals surface area contributed by atoms with Crippen LogP contribution in [0.1, 0.15) is 19.5 Å². The van der Waals surface area contributed by atoms with Crippen molar-refractivity contribution in [2.75, 3.05) is 14.1 Å². The molecular formula is C9H17N5O. The largest absolute Gasteiger partial charge is 0.347 e. The number of aromatic nitrogens is 3. The molecule has 15 heavy (non-hydrogen) atoms. The van der Waals surface area contributed by atoms with Gasteiger partial charge in [-0.25, -0.2) is 4.68 Å². The van der Waals surface area contributed by atoms with Gasteiger partial charge in [0.2, 0.25) is 5.91 Å². The highest BCUT2D eigenvalue weighted by atomic mass is 16.2. The summed E-state index contributed by atoms with van der Waals surface area (Å²) in [6, 6.07) is 0. The second-order valence-corrected chi connectivity index (χ2v) is 4.31. The molecule has 0 aliphatic rings. The van der Waals surface area contributed by atoms with Crippen molar-refractivity contribution in [1.82, 2.24) is 19.9 Å². The summed E-state index contributed by atoms with van der Waals surface area (Å²) in [7, 11) is 3.40. The average molecular weight is 211 g/mol. The molecule has 1 aromatic rings. The molecule has 6 heteroatoms.